The number of carbonyl (C=O) groups is 2. The molecule has 0 unspecified atom stereocenters. The molecule has 0 saturated heterocycles. The largest absolute Gasteiger partial charge is 0.480 e. The second kappa shape index (κ2) is 15.8. The van der Waals surface area contributed by atoms with Gasteiger partial charge in [-0.2, -0.15) is 0 Å². The monoisotopic (exact) mass is 686 g/mol. The van der Waals surface area contributed by atoms with E-state index < -0.39 is 24.0 Å². The summed E-state index contributed by atoms with van der Waals surface area (Å²) in [5, 5.41) is 28.3. The summed E-state index contributed by atoms with van der Waals surface area (Å²) in [6, 6.07) is 45.7. The van der Waals surface area contributed by atoms with Crippen LogP contribution in [0.2, 0.25) is 0 Å². The molecule has 0 aliphatic heterocycles. The van der Waals surface area contributed by atoms with E-state index in [-0.39, 0.29) is 0 Å². The van der Waals surface area contributed by atoms with Crippen molar-refractivity contribution in [3.05, 3.63) is 168 Å². The fourth-order valence-corrected chi connectivity index (χ4v) is 6.58. The van der Waals surface area contributed by atoms with Crippen molar-refractivity contribution >= 4 is 33.7 Å². The molecular weight excluding hydrogens is 649 g/mol. The zero-order valence-electron chi connectivity index (χ0n) is 28.4. The highest BCUT2D eigenvalue weighted by Gasteiger charge is 2.20. The van der Waals surface area contributed by atoms with Crippen molar-refractivity contribution in [1.29, 1.82) is 0 Å². The van der Waals surface area contributed by atoms with Crippen LogP contribution in [0.25, 0.3) is 44.3 Å². The average Bonchev–Trinajstić information content (AvgIpc) is 3.18. The summed E-state index contributed by atoms with van der Waals surface area (Å²) in [5.41, 5.74) is 8.67. The van der Waals surface area contributed by atoms with E-state index in [1.54, 1.807) is 0 Å². The van der Waals surface area contributed by atoms with Gasteiger partial charge in [-0.1, -0.05) is 133 Å². The van der Waals surface area contributed by atoms with Crippen molar-refractivity contribution in [2.24, 2.45) is 0 Å². The molecule has 0 aliphatic rings. The summed E-state index contributed by atoms with van der Waals surface area (Å²) in [5.74, 6) is -1.80. The Balaban J connectivity index is 1.17. The second-order valence-electron chi connectivity index (χ2n) is 12.8. The number of carboxylic acids is 2. The Morgan fingerprint density at radius 2 is 0.846 bits per heavy atom. The van der Waals surface area contributed by atoms with Gasteiger partial charge in [0.1, 0.15) is 12.1 Å². The highest BCUT2D eigenvalue weighted by Crippen LogP contribution is 2.31. The molecule has 2 aromatic heterocycles. The Morgan fingerprint density at radius 3 is 1.25 bits per heavy atom. The summed E-state index contributed by atoms with van der Waals surface area (Å²) in [4.78, 5) is 34.6. The van der Waals surface area contributed by atoms with Gasteiger partial charge in [0.2, 0.25) is 0 Å². The maximum Gasteiger partial charge on any atom is 0.321 e. The zero-order valence-corrected chi connectivity index (χ0v) is 28.4. The van der Waals surface area contributed by atoms with E-state index in [1.807, 2.05) is 146 Å². The quantitative estimate of drug-likeness (QED) is 0.0859. The fourth-order valence-electron chi connectivity index (χ4n) is 6.58. The molecule has 7 rings (SSSR count). The average molecular weight is 687 g/mol. The third-order valence-corrected chi connectivity index (χ3v) is 9.35. The molecule has 258 valence electrons. The van der Waals surface area contributed by atoms with Gasteiger partial charge in [0.25, 0.3) is 0 Å². The van der Waals surface area contributed by atoms with Crippen molar-refractivity contribution in [3.63, 3.8) is 0 Å². The highest BCUT2D eigenvalue weighted by atomic mass is 16.4. The Morgan fingerprint density at radius 1 is 0.481 bits per heavy atom. The lowest BCUT2D eigenvalue weighted by atomic mass is 10.0. The van der Waals surface area contributed by atoms with E-state index in [9.17, 15) is 19.8 Å². The van der Waals surface area contributed by atoms with Crippen molar-refractivity contribution in [2.75, 3.05) is 0 Å². The summed E-state index contributed by atoms with van der Waals surface area (Å²) in [6.45, 7) is 0.715. The molecule has 0 saturated carbocycles. The summed E-state index contributed by atoms with van der Waals surface area (Å²) in [6.07, 6.45) is 0.749. The van der Waals surface area contributed by atoms with Crippen LogP contribution in [0.4, 0.5) is 0 Å². The normalized spacial score (nSPS) is 12.5. The Kier molecular flexibility index (Phi) is 10.4. The molecule has 8 heteroatoms. The van der Waals surface area contributed by atoms with E-state index in [0.29, 0.717) is 25.9 Å². The van der Waals surface area contributed by atoms with Gasteiger partial charge >= 0.3 is 11.9 Å². The van der Waals surface area contributed by atoms with Crippen LogP contribution in [-0.4, -0.2) is 44.2 Å². The lowest BCUT2D eigenvalue weighted by Gasteiger charge is -2.17. The van der Waals surface area contributed by atoms with Crippen LogP contribution in [-0.2, 0) is 35.5 Å². The fraction of sp³-hybridized carbons (Fsp3) is 0.136. The number of hydrogen-bond acceptors (Lipinski definition) is 6. The van der Waals surface area contributed by atoms with Crippen molar-refractivity contribution in [2.45, 2.75) is 38.0 Å². The summed E-state index contributed by atoms with van der Waals surface area (Å²) >= 11 is 0. The standard InChI is InChI=1S/C44H38N4O4/c49-43(50)39(25-29-11-3-1-4-12-29)45-27-33-15-7-9-17-35(33)37-23-21-31-19-20-32-22-24-38(48-42(32)41(31)47-37)36-18-10-8-16-34(36)28-46-40(44(51)52)26-30-13-5-2-6-14-30/h1-24,39-40,45-46H,25-28H2,(H,49,50)(H,51,52)/t39-,40-/m0/s1. The first kappa shape index (κ1) is 34.2. The molecule has 0 spiro atoms. The summed E-state index contributed by atoms with van der Waals surface area (Å²) in [7, 11) is 0. The molecule has 0 aliphatic carbocycles. The van der Waals surface area contributed by atoms with Gasteiger partial charge in [-0.15, -0.1) is 0 Å². The van der Waals surface area contributed by atoms with Crippen LogP contribution < -0.4 is 10.6 Å². The number of nitrogens with zero attached hydrogens (tertiary/aromatic N) is 2. The Hall–Kier alpha value is -6.22. The van der Waals surface area contributed by atoms with Crippen LogP contribution >= 0.6 is 0 Å². The lowest BCUT2D eigenvalue weighted by Crippen LogP contribution is -2.38. The van der Waals surface area contributed by atoms with E-state index >= 15 is 0 Å². The van der Waals surface area contributed by atoms with Gasteiger partial charge in [0.15, 0.2) is 0 Å². The molecule has 0 amide bonds. The van der Waals surface area contributed by atoms with Crippen molar-refractivity contribution < 1.29 is 19.8 Å². The molecule has 2 heterocycles. The van der Waals surface area contributed by atoms with Crippen molar-refractivity contribution in [1.82, 2.24) is 20.6 Å². The number of carboxylic acid groups (broad SMARTS) is 2. The zero-order chi connectivity index (χ0) is 35.9. The van der Waals surface area contributed by atoms with Crippen LogP contribution in [0, 0.1) is 0 Å². The van der Waals surface area contributed by atoms with E-state index in [2.05, 4.69) is 10.6 Å². The van der Waals surface area contributed by atoms with E-state index in [0.717, 1.165) is 66.6 Å². The molecule has 0 bridgehead atoms. The third-order valence-electron chi connectivity index (χ3n) is 9.35. The molecular formula is C44H38N4O4. The number of fused-ring (bicyclic) bond motifs is 3. The van der Waals surface area contributed by atoms with Crippen LogP contribution in [0.15, 0.2) is 146 Å². The highest BCUT2D eigenvalue weighted by molar-refractivity contribution is 6.04. The predicted octanol–water partition coefficient (Wildman–Crippen LogP) is 7.69. The minimum atomic E-state index is -0.898. The SMILES string of the molecule is O=C(O)[C@H](Cc1ccccc1)NCc1ccccc1-c1ccc2ccc3ccc(-c4ccccc4CN[C@@H](Cc4ccccc4)C(=O)O)nc3c2n1. The second-order valence-corrected chi connectivity index (χ2v) is 12.8. The lowest BCUT2D eigenvalue weighted by molar-refractivity contribution is -0.140. The van der Waals surface area contributed by atoms with E-state index in [1.165, 1.54) is 0 Å². The van der Waals surface area contributed by atoms with Crippen LogP contribution in [0.1, 0.15) is 22.3 Å². The Bertz CT molecular complexity index is 2180. The molecule has 8 nitrogen and oxygen atoms in total. The molecule has 2 atom stereocenters. The van der Waals surface area contributed by atoms with Gasteiger partial charge in [0, 0.05) is 35.0 Å². The van der Waals surface area contributed by atoms with Gasteiger partial charge in [-0.25, -0.2) is 9.97 Å². The van der Waals surface area contributed by atoms with Crippen molar-refractivity contribution in [3.8, 4) is 22.5 Å². The van der Waals surface area contributed by atoms with Crippen LogP contribution in [0.3, 0.4) is 0 Å². The first-order chi connectivity index (χ1) is 25.4. The van der Waals surface area contributed by atoms with Gasteiger partial charge in [-0.05, 0) is 47.2 Å². The Labute approximate surface area is 301 Å². The first-order valence-corrected chi connectivity index (χ1v) is 17.3. The topological polar surface area (TPSA) is 124 Å². The molecule has 0 fully saturated rings. The number of benzene rings is 5. The minimum absolute atomic E-state index is 0.358. The molecule has 0 radical (unpaired) electrons. The smallest absolute Gasteiger partial charge is 0.321 e. The number of pyridine rings is 2. The number of hydrogen-bond donors (Lipinski definition) is 4. The van der Waals surface area contributed by atoms with Gasteiger partial charge < -0.3 is 10.2 Å². The molecule has 7 aromatic rings. The van der Waals surface area contributed by atoms with Gasteiger partial charge in [0.05, 0.1) is 22.4 Å². The molecule has 52 heavy (non-hydrogen) atoms. The maximum atomic E-state index is 12.2. The summed E-state index contributed by atoms with van der Waals surface area (Å²) < 4.78 is 0. The third kappa shape index (κ3) is 7.89. The van der Waals surface area contributed by atoms with E-state index in [4.69, 9.17) is 9.97 Å². The maximum absolute atomic E-state index is 12.2. The minimum Gasteiger partial charge on any atom is -0.480 e. The molecule has 5 aromatic carbocycles. The number of aliphatic carboxylic acids is 2. The number of rotatable bonds is 14. The first-order valence-electron chi connectivity index (χ1n) is 17.3. The van der Waals surface area contributed by atoms with Crippen LogP contribution in [0.5, 0.6) is 0 Å². The molecule has 4 N–H and O–H groups in total. The predicted molar refractivity (Wildman–Crippen MR) is 205 cm³/mol. The number of nitrogens with one attached hydrogen (secondary N) is 2. The number of aromatic nitrogens is 2. The van der Waals surface area contributed by atoms with Gasteiger partial charge in [-0.3, -0.25) is 20.2 Å².